The normalized spacial score (nSPS) is 17.7. The van der Waals surface area contributed by atoms with E-state index in [4.69, 9.17) is 0 Å². The van der Waals surface area contributed by atoms with Gasteiger partial charge in [-0.25, -0.2) is 0 Å². The predicted octanol–water partition coefficient (Wildman–Crippen LogP) is 2.07. The highest BCUT2D eigenvalue weighted by Crippen LogP contribution is 2.34. The summed E-state index contributed by atoms with van der Waals surface area (Å²) < 4.78 is 2.41. The summed E-state index contributed by atoms with van der Waals surface area (Å²) in [6.45, 7) is 5.82. The predicted molar refractivity (Wildman–Crippen MR) is 95.9 cm³/mol. The lowest BCUT2D eigenvalue weighted by Gasteiger charge is -2.32. The molecule has 0 N–H and O–H groups in total. The number of hydrogen-bond donors (Lipinski definition) is 0. The molecule has 2 aromatic carbocycles. The zero-order valence-corrected chi connectivity index (χ0v) is 14.6. The van der Waals surface area contributed by atoms with Crippen molar-refractivity contribution in [1.82, 2.24) is 9.69 Å². The lowest BCUT2D eigenvalue weighted by molar-refractivity contribution is 0.212. The highest BCUT2D eigenvalue weighted by molar-refractivity contribution is 5.63. The van der Waals surface area contributed by atoms with Gasteiger partial charge in [0.05, 0.1) is 14.1 Å². The van der Waals surface area contributed by atoms with E-state index in [0.29, 0.717) is 0 Å². The molecule has 0 amide bonds. The van der Waals surface area contributed by atoms with Crippen LogP contribution in [0.25, 0.3) is 6.08 Å². The molecule has 118 valence electrons. The number of nitrogens with zero attached hydrogens (tertiary/aromatic N) is 2. The molecule has 2 nitrogen and oxygen atoms in total. The van der Waals surface area contributed by atoms with E-state index >= 15 is 0 Å². The molecule has 0 aromatic heterocycles. The van der Waals surface area contributed by atoms with Crippen molar-refractivity contribution >= 4 is 6.08 Å². The van der Waals surface area contributed by atoms with Crippen LogP contribution in [0.4, 0.5) is 0 Å². The van der Waals surface area contributed by atoms with Gasteiger partial charge in [0.2, 0.25) is 5.36 Å². The van der Waals surface area contributed by atoms with E-state index in [0.717, 1.165) is 6.54 Å². The van der Waals surface area contributed by atoms with Gasteiger partial charge >= 0.3 is 0 Å². The smallest absolute Gasteiger partial charge is 0.192 e. The van der Waals surface area contributed by atoms with E-state index in [1.165, 1.54) is 45.7 Å². The molecule has 2 aliphatic rings. The van der Waals surface area contributed by atoms with Crippen LogP contribution in [0.5, 0.6) is 0 Å². The van der Waals surface area contributed by atoms with E-state index in [1.54, 1.807) is 0 Å². The minimum atomic E-state index is 0.0468. The van der Waals surface area contributed by atoms with Gasteiger partial charge in [-0.3, -0.25) is 0 Å². The van der Waals surface area contributed by atoms with Crippen molar-refractivity contribution in [2.45, 2.75) is 32.1 Å². The average Bonchev–Trinajstić information content (AvgIpc) is 2.53. The Bertz CT molecular complexity index is 904. The van der Waals surface area contributed by atoms with Gasteiger partial charge in [0.15, 0.2) is 6.54 Å². The number of hydrazine groups is 1. The van der Waals surface area contributed by atoms with Gasteiger partial charge in [-0.05, 0) is 40.5 Å². The quantitative estimate of drug-likeness (QED) is 0.731. The molecule has 0 saturated carbocycles. The van der Waals surface area contributed by atoms with Gasteiger partial charge in [-0.15, -0.1) is 4.68 Å². The molecule has 0 atom stereocenters. The minimum absolute atomic E-state index is 0.0468. The molecule has 23 heavy (non-hydrogen) atoms. The fraction of sp³-hybridized carbons (Fsp3) is 0.381. The molecule has 4 rings (SSSR count). The van der Waals surface area contributed by atoms with E-state index < -0.39 is 0 Å². The highest BCUT2D eigenvalue weighted by Gasteiger charge is 2.31. The number of aryl methyl sites for hydroxylation is 1. The molecule has 0 unspecified atom stereocenters. The summed E-state index contributed by atoms with van der Waals surface area (Å²) in [5.74, 6) is 0. The van der Waals surface area contributed by atoms with Gasteiger partial charge in [0.25, 0.3) is 0 Å². The van der Waals surface area contributed by atoms with Crippen LogP contribution < -0.4 is 15.3 Å². The molecule has 2 heteroatoms. The van der Waals surface area contributed by atoms with Crippen molar-refractivity contribution in [2.24, 2.45) is 0 Å². The lowest BCUT2D eigenvalue weighted by Crippen LogP contribution is -2.47. The third-order valence-corrected chi connectivity index (χ3v) is 5.45. The summed E-state index contributed by atoms with van der Waals surface area (Å²) in [6.07, 6.45) is 4.78. The first-order valence-corrected chi connectivity index (χ1v) is 8.55. The van der Waals surface area contributed by atoms with Crippen molar-refractivity contribution in [2.75, 3.05) is 20.6 Å². The maximum absolute atomic E-state index is 2.44. The zero-order chi connectivity index (χ0) is 16.2. The average molecular weight is 305 g/mol. The van der Waals surface area contributed by atoms with Gasteiger partial charge in [-0.1, -0.05) is 38.1 Å². The summed E-state index contributed by atoms with van der Waals surface area (Å²) in [5, 5.41) is 5.01. The molecule has 2 aromatic rings. The zero-order valence-electron chi connectivity index (χ0n) is 14.6. The van der Waals surface area contributed by atoms with E-state index in [2.05, 4.69) is 80.1 Å². The van der Waals surface area contributed by atoms with Gasteiger partial charge in [-0.2, -0.15) is 5.01 Å². The summed E-state index contributed by atoms with van der Waals surface area (Å²) >= 11 is 0. The standard InChI is InChI=1S/C21H25N2/c1-21(2)18-10-6-5-8-15(18)12-17-13-16-9-7-11-23(22(3)4)20(16)14-19(17)21/h5-6,8,10,12-14H,7,9,11H2,1-4H3/q+1. The molecule has 0 bridgehead atoms. The Labute approximate surface area is 138 Å². The molecule has 0 saturated heterocycles. The molecular weight excluding hydrogens is 280 g/mol. The van der Waals surface area contributed by atoms with Crippen LogP contribution in [0.2, 0.25) is 0 Å². The Balaban J connectivity index is 2.09. The number of benzene rings is 2. The van der Waals surface area contributed by atoms with Crippen LogP contribution >= 0.6 is 0 Å². The van der Waals surface area contributed by atoms with Crippen molar-refractivity contribution in [3.63, 3.8) is 0 Å². The minimum Gasteiger partial charge on any atom is -0.192 e. The Morgan fingerprint density at radius 1 is 1.04 bits per heavy atom. The molecule has 1 aliphatic carbocycles. The summed E-state index contributed by atoms with van der Waals surface area (Å²) in [7, 11) is 4.28. The fourth-order valence-electron chi connectivity index (χ4n) is 4.21. The van der Waals surface area contributed by atoms with E-state index in [1.807, 2.05) is 0 Å². The number of fused-ring (bicyclic) bond motifs is 3. The molecular formula is C21H25N2+. The summed E-state index contributed by atoms with van der Waals surface area (Å²) in [5.41, 5.74) is 5.77. The topological polar surface area (TPSA) is 6.25 Å². The van der Waals surface area contributed by atoms with E-state index in [9.17, 15) is 0 Å². The van der Waals surface area contributed by atoms with Gasteiger partial charge in [0.1, 0.15) is 0 Å². The second-order valence-corrected chi connectivity index (χ2v) is 7.50. The second kappa shape index (κ2) is 4.95. The highest BCUT2D eigenvalue weighted by atomic mass is 15.5. The van der Waals surface area contributed by atoms with Crippen molar-refractivity contribution in [3.8, 4) is 0 Å². The third-order valence-electron chi connectivity index (χ3n) is 5.45. The van der Waals surface area contributed by atoms with Crippen molar-refractivity contribution in [3.05, 3.63) is 69.2 Å². The summed E-state index contributed by atoms with van der Waals surface area (Å²) in [4.78, 5) is 0. The first-order valence-electron chi connectivity index (χ1n) is 8.55. The van der Waals surface area contributed by atoms with E-state index in [-0.39, 0.29) is 5.41 Å². The largest absolute Gasteiger partial charge is 0.232 e. The van der Waals surface area contributed by atoms with Crippen LogP contribution in [0.3, 0.4) is 0 Å². The summed E-state index contributed by atoms with van der Waals surface area (Å²) in [6, 6.07) is 13.7. The van der Waals surface area contributed by atoms with Crippen molar-refractivity contribution < 1.29 is 0 Å². The Morgan fingerprint density at radius 3 is 2.61 bits per heavy atom. The van der Waals surface area contributed by atoms with Crippen LogP contribution in [0.15, 0.2) is 36.4 Å². The molecule has 0 radical (unpaired) electrons. The number of hydrogen-bond acceptors (Lipinski definition) is 1. The Morgan fingerprint density at radius 2 is 1.83 bits per heavy atom. The molecule has 0 spiro atoms. The van der Waals surface area contributed by atoms with Crippen LogP contribution in [0, 0.1) is 0 Å². The fourth-order valence-corrected chi connectivity index (χ4v) is 4.21. The van der Waals surface area contributed by atoms with Crippen molar-refractivity contribution in [1.29, 1.82) is 0 Å². The molecule has 0 fully saturated rings. The Hall–Kier alpha value is -2.09. The SMILES string of the molecule is CN(C)[N+]1=c2cc3c(cc2CCC1)=Cc1ccccc1C3(C)C. The first kappa shape index (κ1) is 14.5. The van der Waals surface area contributed by atoms with Gasteiger partial charge in [0, 0.05) is 23.5 Å². The van der Waals surface area contributed by atoms with Crippen LogP contribution in [-0.2, 0) is 11.8 Å². The van der Waals surface area contributed by atoms with Crippen LogP contribution in [0.1, 0.15) is 42.5 Å². The number of rotatable bonds is 1. The molecule has 1 aliphatic heterocycles. The van der Waals surface area contributed by atoms with Gasteiger partial charge < -0.3 is 0 Å². The maximum atomic E-state index is 2.44. The molecule has 1 heterocycles. The Kier molecular flexibility index (Phi) is 3.12. The first-order chi connectivity index (χ1) is 11.0. The van der Waals surface area contributed by atoms with Crippen LogP contribution in [-0.4, -0.2) is 25.6 Å². The monoisotopic (exact) mass is 305 g/mol. The maximum Gasteiger partial charge on any atom is 0.232 e. The second-order valence-electron chi connectivity index (χ2n) is 7.50. The lowest BCUT2D eigenvalue weighted by atomic mass is 9.72. The third kappa shape index (κ3) is 2.12.